The topological polar surface area (TPSA) is 68.2 Å². The van der Waals surface area contributed by atoms with Crippen molar-refractivity contribution in [1.29, 1.82) is 0 Å². The SMILES string of the molecule is CCCOC1CCN(C(=O)c2ccnc(-c3cncnc3)c2)CC1. The molecule has 1 fully saturated rings. The Morgan fingerprint density at radius 2 is 2.04 bits per heavy atom. The Morgan fingerprint density at radius 1 is 1.29 bits per heavy atom. The maximum Gasteiger partial charge on any atom is 0.253 e. The summed E-state index contributed by atoms with van der Waals surface area (Å²) in [6.45, 7) is 4.38. The first-order chi connectivity index (χ1) is 11.8. The molecule has 0 atom stereocenters. The number of carbonyl (C=O) groups excluding carboxylic acids is 1. The lowest BCUT2D eigenvalue weighted by Gasteiger charge is -2.32. The van der Waals surface area contributed by atoms with Crippen molar-refractivity contribution in [3.63, 3.8) is 0 Å². The third-order valence-electron chi connectivity index (χ3n) is 4.15. The van der Waals surface area contributed by atoms with E-state index in [9.17, 15) is 4.79 Å². The zero-order valence-electron chi connectivity index (χ0n) is 13.9. The predicted molar refractivity (Wildman–Crippen MR) is 90.4 cm³/mol. The summed E-state index contributed by atoms with van der Waals surface area (Å²) in [6.07, 6.45) is 9.63. The van der Waals surface area contributed by atoms with Gasteiger partial charge in [0.05, 0.1) is 11.8 Å². The molecule has 1 amide bonds. The number of ether oxygens (including phenoxy) is 1. The monoisotopic (exact) mass is 326 g/mol. The van der Waals surface area contributed by atoms with Crippen LogP contribution in [0.3, 0.4) is 0 Å². The van der Waals surface area contributed by atoms with Crippen molar-refractivity contribution in [2.24, 2.45) is 0 Å². The normalized spacial score (nSPS) is 15.5. The Morgan fingerprint density at radius 3 is 2.75 bits per heavy atom. The van der Waals surface area contributed by atoms with Crippen LogP contribution in [0.2, 0.25) is 0 Å². The summed E-state index contributed by atoms with van der Waals surface area (Å²) in [5, 5.41) is 0. The fraction of sp³-hybridized carbons (Fsp3) is 0.444. The highest BCUT2D eigenvalue weighted by Gasteiger charge is 2.24. The molecule has 0 bridgehead atoms. The van der Waals surface area contributed by atoms with Gasteiger partial charge in [-0.2, -0.15) is 0 Å². The molecule has 0 aromatic carbocycles. The Balaban J connectivity index is 1.66. The van der Waals surface area contributed by atoms with Crippen molar-refractivity contribution in [3.05, 3.63) is 42.6 Å². The number of pyridine rings is 1. The van der Waals surface area contributed by atoms with Gasteiger partial charge in [-0.05, 0) is 31.4 Å². The van der Waals surface area contributed by atoms with Crippen LogP contribution in [0.4, 0.5) is 0 Å². The van der Waals surface area contributed by atoms with Gasteiger partial charge in [0.15, 0.2) is 0 Å². The molecule has 24 heavy (non-hydrogen) atoms. The van der Waals surface area contributed by atoms with Gasteiger partial charge in [-0.15, -0.1) is 0 Å². The predicted octanol–water partition coefficient (Wildman–Crippen LogP) is 2.57. The van der Waals surface area contributed by atoms with E-state index < -0.39 is 0 Å². The molecule has 1 saturated heterocycles. The number of piperidine rings is 1. The summed E-state index contributed by atoms with van der Waals surface area (Å²) >= 11 is 0. The Hall–Kier alpha value is -2.34. The largest absolute Gasteiger partial charge is 0.378 e. The third kappa shape index (κ3) is 3.94. The Bertz CT molecular complexity index is 670. The molecule has 126 valence electrons. The standard InChI is InChI=1S/C18H22N4O2/c1-2-9-24-16-4-7-22(8-5-16)18(23)14-3-6-21-17(10-14)15-11-19-13-20-12-15/h3,6,10-13,16H,2,4-5,7-9H2,1H3. The molecule has 0 radical (unpaired) electrons. The lowest BCUT2D eigenvalue weighted by atomic mass is 10.1. The average Bonchev–Trinajstić information content (AvgIpc) is 2.67. The number of likely N-dealkylation sites (tertiary alicyclic amines) is 1. The molecule has 2 aromatic heterocycles. The minimum absolute atomic E-state index is 0.0458. The maximum atomic E-state index is 12.7. The van der Waals surface area contributed by atoms with Crippen LogP contribution < -0.4 is 0 Å². The van der Waals surface area contributed by atoms with E-state index >= 15 is 0 Å². The van der Waals surface area contributed by atoms with Gasteiger partial charge in [0.1, 0.15) is 6.33 Å². The maximum absolute atomic E-state index is 12.7. The van der Waals surface area contributed by atoms with Gasteiger partial charge in [0, 0.05) is 49.4 Å². The average molecular weight is 326 g/mol. The Kier molecular flexibility index (Phi) is 5.48. The summed E-state index contributed by atoms with van der Waals surface area (Å²) < 4.78 is 5.78. The molecule has 0 spiro atoms. The molecule has 2 aromatic rings. The van der Waals surface area contributed by atoms with Crippen molar-refractivity contribution < 1.29 is 9.53 Å². The van der Waals surface area contributed by atoms with Crippen LogP contribution in [0.25, 0.3) is 11.3 Å². The molecule has 0 aliphatic carbocycles. The third-order valence-corrected chi connectivity index (χ3v) is 4.15. The fourth-order valence-corrected chi connectivity index (χ4v) is 2.85. The van der Waals surface area contributed by atoms with E-state index in [0.717, 1.165) is 44.5 Å². The molecular weight excluding hydrogens is 304 g/mol. The van der Waals surface area contributed by atoms with E-state index in [0.29, 0.717) is 11.3 Å². The number of hydrogen-bond donors (Lipinski definition) is 0. The van der Waals surface area contributed by atoms with Crippen LogP contribution in [-0.2, 0) is 4.74 Å². The van der Waals surface area contributed by atoms with Crippen molar-refractivity contribution in [3.8, 4) is 11.3 Å². The zero-order chi connectivity index (χ0) is 16.8. The Labute approximate surface area is 141 Å². The molecule has 0 N–H and O–H groups in total. The van der Waals surface area contributed by atoms with Gasteiger partial charge in [-0.1, -0.05) is 6.92 Å². The molecule has 1 aliphatic rings. The zero-order valence-corrected chi connectivity index (χ0v) is 13.9. The van der Waals surface area contributed by atoms with Gasteiger partial charge in [0.25, 0.3) is 5.91 Å². The van der Waals surface area contributed by atoms with Gasteiger partial charge in [-0.25, -0.2) is 9.97 Å². The van der Waals surface area contributed by atoms with E-state index in [1.807, 2.05) is 4.90 Å². The molecule has 0 saturated carbocycles. The van der Waals surface area contributed by atoms with E-state index in [1.165, 1.54) is 6.33 Å². The highest BCUT2D eigenvalue weighted by molar-refractivity contribution is 5.95. The first-order valence-corrected chi connectivity index (χ1v) is 8.40. The number of hydrogen-bond acceptors (Lipinski definition) is 5. The van der Waals surface area contributed by atoms with Crippen molar-refractivity contribution in [2.45, 2.75) is 32.3 Å². The lowest BCUT2D eigenvalue weighted by Crippen LogP contribution is -2.41. The van der Waals surface area contributed by atoms with Crippen LogP contribution in [0.15, 0.2) is 37.1 Å². The number of rotatable bonds is 5. The van der Waals surface area contributed by atoms with Gasteiger partial charge < -0.3 is 9.64 Å². The molecule has 6 nitrogen and oxygen atoms in total. The minimum Gasteiger partial charge on any atom is -0.378 e. The molecular formula is C18H22N4O2. The highest BCUT2D eigenvalue weighted by Crippen LogP contribution is 2.19. The lowest BCUT2D eigenvalue weighted by molar-refractivity contribution is 0.00900. The molecule has 3 rings (SSSR count). The van der Waals surface area contributed by atoms with E-state index in [1.54, 1.807) is 30.7 Å². The minimum atomic E-state index is 0.0458. The molecule has 0 unspecified atom stereocenters. The summed E-state index contributed by atoms with van der Waals surface area (Å²) in [7, 11) is 0. The number of aromatic nitrogens is 3. The fourth-order valence-electron chi connectivity index (χ4n) is 2.85. The quantitative estimate of drug-likeness (QED) is 0.845. The van der Waals surface area contributed by atoms with Gasteiger partial charge in [-0.3, -0.25) is 9.78 Å². The second kappa shape index (κ2) is 7.97. The molecule has 6 heteroatoms. The number of amides is 1. The van der Waals surface area contributed by atoms with E-state index in [2.05, 4.69) is 21.9 Å². The molecule has 3 heterocycles. The van der Waals surface area contributed by atoms with Crippen LogP contribution >= 0.6 is 0 Å². The second-order valence-electron chi connectivity index (χ2n) is 5.92. The van der Waals surface area contributed by atoms with Crippen molar-refractivity contribution in [2.75, 3.05) is 19.7 Å². The summed E-state index contributed by atoms with van der Waals surface area (Å²) in [6, 6.07) is 3.57. The van der Waals surface area contributed by atoms with Gasteiger partial charge in [0.2, 0.25) is 0 Å². The summed E-state index contributed by atoms with van der Waals surface area (Å²) in [4.78, 5) is 26.9. The number of nitrogens with zero attached hydrogens (tertiary/aromatic N) is 4. The highest BCUT2D eigenvalue weighted by atomic mass is 16.5. The molecule has 1 aliphatic heterocycles. The van der Waals surface area contributed by atoms with E-state index in [-0.39, 0.29) is 12.0 Å². The van der Waals surface area contributed by atoms with Crippen LogP contribution in [0.5, 0.6) is 0 Å². The number of carbonyl (C=O) groups is 1. The second-order valence-corrected chi connectivity index (χ2v) is 5.92. The summed E-state index contributed by atoms with van der Waals surface area (Å²) in [5.41, 5.74) is 2.17. The first kappa shape index (κ1) is 16.5. The van der Waals surface area contributed by atoms with Crippen molar-refractivity contribution in [1.82, 2.24) is 19.9 Å². The van der Waals surface area contributed by atoms with Crippen molar-refractivity contribution >= 4 is 5.91 Å². The van der Waals surface area contributed by atoms with Crippen LogP contribution in [0, 0.1) is 0 Å². The summed E-state index contributed by atoms with van der Waals surface area (Å²) in [5.74, 6) is 0.0458. The van der Waals surface area contributed by atoms with Gasteiger partial charge >= 0.3 is 0 Å². The van der Waals surface area contributed by atoms with E-state index in [4.69, 9.17) is 4.74 Å². The first-order valence-electron chi connectivity index (χ1n) is 8.40. The van der Waals surface area contributed by atoms with Crippen LogP contribution in [-0.4, -0.2) is 51.6 Å². The van der Waals surface area contributed by atoms with Crippen LogP contribution in [0.1, 0.15) is 36.5 Å². The smallest absolute Gasteiger partial charge is 0.253 e.